The van der Waals surface area contributed by atoms with Gasteiger partial charge in [-0.2, -0.15) is 0 Å². The maximum atomic E-state index is 3.58. The lowest BCUT2D eigenvalue weighted by Gasteiger charge is -1.85. The van der Waals surface area contributed by atoms with E-state index < -0.39 is 0 Å². The molecule has 0 N–H and O–H groups in total. The monoisotopic (exact) mass is 116 g/mol. The molecule has 1 aromatic heterocycles. The minimum Gasteiger partial charge on any atom is -0.0976 e. The lowest BCUT2D eigenvalue weighted by Crippen LogP contribution is -1.55. The van der Waals surface area contributed by atoms with Crippen molar-refractivity contribution < 1.29 is 0 Å². The van der Waals surface area contributed by atoms with Gasteiger partial charge in [0.2, 0.25) is 0 Å². The van der Waals surface area contributed by atoms with E-state index in [1.54, 1.807) is 20.7 Å². The van der Waals surface area contributed by atoms with E-state index in [1.165, 1.54) is 4.88 Å². The molecule has 0 aliphatic heterocycles. The average Bonchev–Trinajstić information content (AvgIpc) is 1.31. The molecule has 0 aromatic carbocycles. The summed E-state index contributed by atoms with van der Waals surface area (Å²) in [6, 6.07) is 0. The molecule has 0 nitrogen and oxygen atoms in total. The molecule has 0 unspecified atom stereocenters. The maximum absolute atomic E-state index is 3.58. The Morgan fingerprint density at radius 3 is 2.50 bits per heavy atom. The van der Waals surface area contributed by atoms with Crippen molar-refractivity contribution in [2.45, 2.75) is 0 Å². The molecule has 0 saturated heterocycles. The average molecular weight is 116 g/mol. The van der Waals surface area contributed by atoms with Crippen molar-refractivity contribution in [3.63, 3.8) is 0 Å². The number of rotatable bonds is 1. The van der Waals surface area contributed by atoms with E-state index in [9.17, 15) is 0 Å². The van der Waals surface area contributed by atoms with Crippen LogP contribution in [-0.2, 0) is 0 Å². The van der Waals surface area contributed by atoms with Gasteiger partial charge in [-0.25, -0.2) is 0 Å². The van der Waals surface area contributed by atoms with Gasteiger partial charge in [0.1, 0.15) is 0 Å². The summed E-state index contributed by atoms with van der Waals surface area (Å²) in [4.78, 5) is 1.29. The molecule has 1 aromatic rings. The molecule has 0 atom stereocenters. The molecule has 1 rings (SSSR count). The van der Waals surface area contributed by atoms with E-state index in [0.717, 1.165) is 0 Å². The molecule has 1 heterocycles. The summed E-state index contributed by atoms with van der Waals surface area (Å²) in [5.41, 5.74) is 0. The van der Waals surface area contributed by atoms with E-state index in [2.05, 4.69) is 12.0 Å². The van der Waals surface area contributed by atoms with Gasteiger partial charge in [0, 0.05) is 10.3 Å². The van der Waals surface area contributed by atoms with Gasteiger partial charge in [-0.3, -0.25) is 0 Å². The van der Waals surface area contributed by atoms with Gasteiger partial charge in [0.15, 0.2) is 0 Å². The Bertz CT molecular complexity index is 118. The second kappa shape index (κ2) is 1.58. The first-order valence-corrected chi connectivity index (χ1v) is 3.81. The Morgan fingerprint density at radius 1 is 1.83 bits per heavy atom. The standard InChI is InChI=1S/C4H4S2/c1-2-4-3-5-6-4/h2-3H,1H2. The van der Waals surface area contributed by atoms with E-state index in [0.29, 0.717) is 0 Å². The predicted molar refractivity (Wildman–Crippen MR) is 32.3 cm³/mol. The lowest BCUT2D eigenvalue weighted by atomic mass is 10.6. The first-order chi connectivity index (χ1) is 2.93. The van der Waals surface area contributed by atoms with Crippen LogP contribution in [0.15, 0.2) is 12.0 Å². The van der Waals surface area contributed by atoms with E-state index in [4.69, 9.17) is 0 Å². The molecule has 0 aliphatic rings. The molecule has 0 spiro atoms. The normalized spacial score (nSPS) is 8.67. The molecule has 0 saturated carbocycles. The topological polar surface area (TPSA) is 0 Å². The highest BCUT2D eigenvalue weighted by Gasteiger charge is 1.83. The van der Waals surface area contributed by atoms with Crippen molar-refractivity contribution >= 4 is 26.8 Å². The highest BCUT2D eigenvalue weighted by atomic mass is 32.9. The van der Waals surface area contributed by atoms with Crippen molar-refractivity contribution in [1.82, 2.24) is 0 Å². The molecule has 32 valence electrons. The van der Waals surface area contributed by atoms with Crippen LogP contribution in [0.1, 0.15) is 4.88 Å². The van der Waals surface area contributed by atoms with Gasteiger partial charge in [-0.1, -0.05) is 33.3 Å². The van der Waals surface area contributed by atoms with E-state index in [1.807, 2.05) is 6.08 Å². The molecule has 0 amide bonds. The first kappa shape index (κ1) is 4.09. The molecule has 0 radical (unpaired) electrons. The van der Waals surface area contributed by atoms with Crippen LogP contribution in [0, 0.1) is 0 Å². The van der Waals surface area contributed by atoms with Gasteiger partial charge in [-0.15, -0.1) is 0 Å². The zero-order valence-electron chi connectivity index (χ0n) is 3.18. The van der Waals surface area contributed by atoms with Gasteiger partial charge in [0.25, 0.3) is 0 Å². The van der Waals surface area contributed by atoms with Crippen LogP contribution in [-0.4, -0.2) is 0 Å². The fourth-order valence-electron chi connectivity index (χ4n) is 0.186. The number of hydrogen-bond acceptors (Lipinski definition) is 2. The van der Waals surface area contributed by atoms with Gasteiger partial charge in [-0.05, 0) is 0 Å². The molecular weight excluding hydrogens is 112 g/mol. The highest BCUT2D eigenvalue weighted by Crippen LogP contribution is 2.19. The second-order valence-electron chi connectivity index (χ2n) is 0.904. The zero-order valence-corrected chi connectivity index (χ0v) is 4.81. The maximum Gasteiger partial charge on any atom is 0.0478 e. The van der Waals surface area contributed by atoms with Crippen LogP contribution < -0.4 is 0 Å². The van der Waals surface area contributed by atoms with Gasteiger partial charge >= 0.3 is 0 Å². The van der Waals surface area contributed by atoms with E-state index >= 15 is 0 Å². The summed E-state index contributed by atoms with van der Waals surface area (Å²) < 4.78 is 0. The van der Waals surface area contributed by atoms with Gasteiger partial charge in [0.05, 0.1) is 0 Å². The third kappa shape index (κ3) is 0.533. The van der Waals surface area contributed by atoms with Gasteiger partial charge < -0.3 is 0 Å². The summed E-state index contributed by atoms with van der Waals surface area (Å²) in [6.45, 7) is 3.58. The molecule has 0 fully saturated rings. The Morgan fingerprint density at radius 2 is 2.50 bits per heavy atom. The Hall–Kier alpha value is -0.0800. The van der Waals surface area contributed by atoms with E-state index in [-0.39, 0.29) is 0 Å². The predicted octanol–water partition coefficient (Wildman–Crippen LogP) is 2.45. The third-order valence-corrected chi connectivity index (χ3v) is 2.74. The van der Waals surface area contributed by atoms with Crippen molar-refractivity contribution in [3.8, 4) is 0 Å². The second-order valence-corrected chi connectivity index (χ2v) is 3.05. The van der Waals surface area contributed by atoms with Crippen molar-refractivity contribution in [3.05, 3.63) is 16.8 Å². The smallest absolute Gasteiger partial charge is 0.0478 e. The molecule has 0 bridgehead atoms. The molecule has 0 aliphatic carbocycles. The van der Waals surface area contributed by atoms with Crippen molar-refractivity contribution in [1.29, 1.82) is 0 Å². The Labute approximate surface area is 44.1 Å². The van der Waals surface area contributed by atoms with Crippen LogP contribution in [0.3, 0.4) is 0 Å². The van der Waals surface area contributed by atoms with Crippen LogP contribution in [0.2, 0.25) is 0 Å². The third-order valence-electron chi connectivity index (χ3n) is 0.510. The van der Waals surface area contributed by atoms with Crippen LogP contribution >= 0.6 is 20.7 Å². The minimum absolute atomic E-state index is 1.29. The van der Waals surface area contributed by atoms with Crippen LogP contribution in [0.25, 0.3) is 6.08 Å². The summed E-state index contributed by atoms with van der Waals surface area (Å²) in [5.74, 6) is 0. The zero-order chi connectivity index (χ0) is 4.41. The fourth-order valence-corrected chi connectivity index (χ4v) is 1.38. The lowest BCUT2D eigenvalue weighted by molar-refractivity contribution is 2.14. The fraction of sp³-hybridized carbons (Fsp3) is 0. The summed E-state index contributed by atoms with van der Waals surface area (Å²) in [5, 5.41) is 2.08. The molecule has 2 heteroatoms. The largest absolute Gasteiger partial charge is 0.0976 e. The summed E-state index contributed by atoms with van der Waals surface area (Å²) >= 11 is 0. The molecule has 6 heavy (non-hydrogen) atoms. The van der Waals surface area contributed by atoms with Crippen molar-refractivity contribution in [2.24, 2.45) is 0 Å². The summed E-state index contributed by atoms with van der Waals surface area (Å²) in [6.07, 6.45) is 1.86. The quantitative estimate of drug-likeness (QED) is 0.494. The highest BCUT2D eigenvalue weighted by molar-refractivity contribution is 7.71. The summed E-state index contributed by atoms with van der Waals surface area (Å²) in [7, 11) is 3.52. The minimum atomic E-state index is 1.29. The van der Waals surface area contributed by atoms with Crippen LogP contribution in [0.4, 0.5) is 0 Å². The Kier molecular flexibility index (Phi) is 1.08. The first-order valence-electron chi connectivity index (χ1n) is 1.59. The van der Waals surface area contributed by atoms with Crippen molar-refractivity contribution in [2.75, 3.05) is 0 Å². The SMILES string of the molecule is C=Cc1css1. The molecular formula is C4H4S2. The number of hydrogen-bond donors (Lipinski definition) is 0. The Balaban J connectivity index is 2.74. The van der Waals surface area contributed by atoms with Crippen LogP contribution in [0.5, 0.6) is 0 Å².